The highest BCUT2D eigenvalue weighted by atomic mass is 32.1. The Bertz CT molecular complexity index is 825. The van der Waals surface area contributed by atoms with E-state index in [1.54, 1.807) is 17.5 Å². The highest BCUT2D eigenvalue weighted by molar-refractivity contribution is 7.10. The number of benzene rings is 1. The van der Waals surface area contributed by atoms with Gasteiger partial charge in [0.15, 0.2) is 12.2 Å². The second kappa shape index (κ2) is 6.75. The van der Waals surface area contributed by atoms with Crippen LogP contribution in [0, 0.1) is 6.92 Å². The van der Waals surface area contributed by atoms with Crippen LogP contribution in [0.5, 0.6) is 0 Å². The van der Waals surface area contributed by atoms with E-state index >= 15 is 0 Å². The Hall–Kier alpha value is -2.46. The van der Waals surface area contributed by atoms with Crippen LogP contribution >= 0.6 is 11.3 Å². The molecule has 0 fully saturated rings. The number of nitrogens with zero attached hydrogens (tertiary/aromatic N) is 3. The SMILES string of the molecule is C=Cc1sc[n+](Cc2ccc(C[n+]3ccn(C=C)c3)cc2)c1C. The molecule has 0 aliphatic heterocycles. The summed E-state index contributed by atoms with van der Waals surface area (Å²) in [5.74, 6) is 0. The molecule has 2 heterocycles. The largest absolute Gasteiger partial charge is 0.248 e. The predicted octanol–water partition coefficient (Wildman–Crippen LogP) is 3.27. The Morgan fingerprint density at radius 3 is 2.39 bits per heavy atom. The Kier molecular flexibility index (Phi) is 4.53. The molecule has 0 saturated heterocycles. The van der Waals surface area contributed by atoms with Crippen molar-refractivity contribution in [3.63, 3.8) is 0 Å². The number of aromatic nitrogens is 3. The van der Waals surface area contributed by atoms with Gasteiger partial charge in [-0.05, 0) is 11.6 Å². The molecule has 3 aromatic rings. The standard InChI is InChI=1S/C19H21N3S/c1-4-19-16(3)22(15-23-19)13-18-8-6-17(7-9-18)12-21-11-10-20(5-2)14-21/h4-11,14-15H,1-2,12-13H2,3H3/q+2. The van der Waals surface area contributed by atoms with Crippen LogP contribution < -0.4 is 9.13 Å². The van der Waals surface area contributed by atoms with Gasteiger partial charge in [-0.1, -0.05) is 48.8 Å². The summed E-state index contributed by atoms with van der Waals surface area (Å²) >= 11 is 1.74. The first-order valence-electron chi connectivity index (χ1n) is 7.56. The van der Waals surface area contributed by atoms with Crippen LogP contribution in [0.25, 0.3) is 12.3 Å². The van der Waals surface area contributed by atoms with Crippen molar-refractivity contribution in [1.29, 1.82) is 0 Å². The van der Waals surface area contributed by atoms with Crippen LogP contribution in [0.1, 0.15) is 21.7 Å². The molecule has 0 amide bonds. The molecule has 0 aliphatic rings. The lowest BCUT2D eigenvalue weighted by Gasteiger charge is -2.01. The van der Waals surface area contributed by atoms with Crippen LogP contribution in [-0.2, 0) is 13.1 Å². The zero-order chi connectivity index (χ0) is 16.2. The maximum atomic E-state index is 3.86. The van der Waals surface area contributed by atoms with Crippen LogP contribution in [-0.4, -0.2) is 4.57 Å². The van der Waals surface area contributed by atoms with Crippen molar-refractivity contribution in [2.24, 2.45) is 0 Å². The summed E-state index contributed by atoms with van der Waals surface area (Å²) in [5.41, 5.74) is 6.03. The smallest absolute Gasteiger partial charge is 0.232 e. The molecule has 0 atom stereocenters. The lowest BCUT2D eigenvalue weighted by molar-refractivity contribution is -0.689. The van der Waals surface area contributed by atoms with E-state index in [4.69, 9.17) is 0 Å². The molecule has 3 nitrogen and oxygen atoms in total. The number of hydrogen-bond donors (Lipinski definition) is 0. The van der Waals surface area contributed by atoms with Crippen molar-refractivity contribution in [2.45, 2.75) is 20.0 Å². The summed E-state index contributed by atoms with van der Waals surface area (Å²) in [6, 6.07) is 8.81. The summed E-state index contributed by atoms with van der Waals surface area (Å²) in [4.78, 5) is 1.24. The van der Waals surface area contributed by atoms with Gasteiger partial charge >= 0.3 is 0 Å². The van der Waals surface area contributed by atoms with E-state index in [-0.39, 0.29) is 0 Å². The highest BCUT2D eigenvalue weighted by Gasteiger charge is 2.13. The fraction of sp³-hybridized carbons (Fsp3) is 0.158. The molecule has 23 heavy (non-hydrogen) atoms. The van der Waals surface area contributed by atoms with E-state index in [0.717, 1.165) is 13.1 Å². The zero-order valence-corrected chi connectivity index (χ0v) is 14.2. The molecule has 116 valence electrons. The monoisotopic (exact) mass is 323 g/mol. The minimum Gasteiger partial charge on any atom is -0.232 e. The Balaban J connectivity index is 1.70. The molecular formula is C19H21N3S+2. The van der Waals surface area contributed by atoms with Crippen molar-refractivity contribution in [2.75, 3.05) is 0 Å². The maximum absolute atomic E-state index is 3.86. The molecule has 0 N–H and O–H groups in total. The predicted molar refractivity (Wildman–Crippen MR) is 95.0 cm³/mol. The number of thiazole rings is 1. The molecular weight excluding hydrogens is 302 g/mol. The average Bonchev–Trinajstić information content (AvgIpc) is 3.16. The lowest BCUT2D eigenvalue weighted by atomic mass is 10.1. The van der Waals surface area contributed by atoms with Gasteiger partial charge in [0.1, 0.15) is 18.9 Å². The lowest BCUT2D eigenvalue weighted by Crippen LogP contribution is -2.35. The molecule has 0 radical (unpaired) electrons. The molecule has 0 saturated carbocycles. The first-order valence-corrected chi connectivity index (χ1v) is 8.44. The molecule has 1 aromatic carbocycles. The quantitative estimate of drug-likeness (QED) is 0.618. The molecule has 0 aliphatic carbocycles. The first kappa shape index (κ1) is 15.4. The van der Waals surface area contributed by atoms with E-state index in [1.165, 1.54) is 21.7 Å². The number of rotatable bonds is 6. The average molecular weight is 323 g/mol. The van der Waals surface area contributed by atoms with Gasteiger partial charge in [0.05, 0.1) is 11.1 Å². The maximum Gasteiger partial charge on any atom is 0.248 e. The summed E-state index contributed by atoms with van der Waals surface area (Å²) in [6.45, 7) is 11.5. The summed E-state index contributed by atoms with van der Waals surface area (Å²) < 4.78 is 6.36. The van der Waals surface area contributed by atoms with Gasteiger partial charge < -0.3 is 0 Å². The van der Waals surface area contributed by atoms with Gasteiger partial charge in [-0.2, -0.15) is 4.57 Å². The van der Waals surface area contributed by atoms with Crippen molar-refractivity contribution in [1.82, 2.24) is 4.57 Å². The third-order valence-electron chi connectivity index (χ3n) is 3.94. The van der Waals surface area contributed by atoms with Gasteiger partial charge in [-0.15, -0.1) is 0 Å². The van der Waals surface area contributed by atoms with Gasteiger partial charge in [-0.3, -0.25) is 0 Å². The topological polar surface area (TPSA) is 12.7 Å². The molecule has 0 bridgehead atoms. The van der Waals surface area contributed by atoms with Crippen molar-refractivity contribution in [3.05, 3.63) is 83.4 Å². The van der Waals surface area contributed by atoms with Gasteiger partial charge in [0.2, 0.25) is 11.8 Å². The van der Waals surface area contributed by atoms with Gasteiger partial charge in [0, 0.05) is 12.5 Å². The molecule has 2 aromatic heterocycles. The fourth-order valence-electron chi connectivity index (χ4n) is 2.55. The normalized spacial score (nSPS) is 10.7. The minimum absolute atomic E-state index is 0.867. The fourth-order valence-corrected chi connectivity index (χ4v) is 3.41. The van der Waals surface area contributed by atoms with E-state index < -0.39 is 0 Å². The molecule has 0 unspecified atom stereocenters. The van der Waals surface area contributed by atoms with Crippen LogP contribution in [0.3, 0.4) is 0 Å². The zero-order valence-electron chi connectivity index (χ0n) is 13.4. The molecule has 0 spiro atoms. The van der Waals surface area contributed by atoms with Crippen LogP contribution in [0.15, 0.2) is 61.7 Å². The van der Waals surface area contributed by atoms with Crippen molar-refractivity contribution >= 4 is 23.6 Å². The number of hydrogen-bond acceptors (Lipinski definition) is 1. The third-order valence-corrected chi connectivity index (χ3v) is 5.02. The third kappa shape index (κ3) is 3.48. The molecule has 4 heteroatoms. The van der Waals surface area contributed by atoms with Crippen molar-refractivity contribution < 1.29 is 9.13 Å². The summed E-state index contributed by atoms with van der Waals surface area (Å²) in [7, 11) is 0. The number of imidazole rings is 1. The second-order valence-corrected chi connectivity index (χ2v) is 6.42. The Labute approximate surface area is 141 Å². The van der Waals surface area contributed by atoms with Crippen molar-refractivity contribution in [3.8, 4) is 0 Å². The summed E-state index contributed by atoms with van der Waals surface area (Å²) in [6.07, 6.45) is 9.79. The highest BCUT2D eigenvalue weighted by Crippen LogP contribution is 2.13. The van der Waals surface area contributed by atoms with E-state index in [1.807, 2.05) is 23.2 Å². The Morgan fingerprint density at radius 1 is 1.13 bits per heavy atom. The first-order chi connectivity index (χ1) is 11.2. The van der Waals surface area contributed by atoms with E-state index in [9.17, 15) is 0 Å². The molecule has 3 rings (SSSR count). The van der Waals surface area contributed by atoms with Crippen LogP contribution in [0.4, 0.5) is 0 Å². The van der Waals surface area contributed by atoms with Crippen LogP contribution in [0.2, 0.25) is 0 Å². The summed E-state index contributed by atoms with van der Waals surface area (Å²) in [5, 5.41) is 0. The van der Waals surface area contributed by atoms with E-state index in [0.29, 0.717) is 0 Å². The second-order valence-electron chi connectivity index (χ2n) is 5.54. The van der Waals surface area contributed by atoms with Gasteiger partial charge in [0.25, 0.3) is 0 Å². The Morgan fingerprint density at radius 2 is 1.83 bits per heavy atom. The van der Waals surface area contributed by atoms with E-state index in [2.05, 4.69) is 65.2 Å². The minimum atomic E-state index is 0.867. The van der Waals surface area contributed by atoms with Gasteiger partial charge in [-0.25, -0.2) is 9.13 Å².